The van der Waals surface area contributed by atoms with Crippen LogP contribution in [0.2, 0.25) is 0 Å². The van der Waals surface area contributed by atoms with Gasteiger partial charge < -0.3 is 9.84 Å². The van der Waals surface area contributed by atoms with Gasteiger partial charge in [-0.2, -0.15) is 0 Å². The highest BCUT2D eigenvalue weighted by Crippen LogP contribution is 2.29. The van der Waals surface area contributed by atoms with Crippen molar-refractivity contribution in [2.75, 3.05) is 6.61 Å². The average molecular weight is 256 g/mol. The first-order valence-electron chi connectivity index (χ1n) is 6.02. The van der Waals surface area contributed by atoms with Gasteiger partial charge in [0, 0.05) is 18.2 Å². The predicted molar refractivity (Wildman–Crippen MR) is 68.0 cm³/mol. The third-order valence-electron chi connectivity index (χ3n) is 3.00. The summed E-state index contributed by atoms with van der Waals surface area (Å²) in [6, 6.07) is 7.67. The molecule has 0 fully saturated rings. The minimum absolute atomic E-state index is 0.165. The molecule has 5 nitrogen and oxygen atoms in total. The van der Waals surface area contributed by atoms with Gasteiger partial charge in [0.1, 0.15) is 18.0 Å². The second-order valence-corrected chi connectivity index (χ2v) is 4.35. The topological polar surface area (TPSA) is 72.3 Å². The van der Waals surface area contributed by atoms with Crippen molar-refractivity contribution in [3.63, 3.8) is 0 Å². The van der Waals surface area contributed by atoms with Crippen LogP contribution in [0.3, 0.4) is 0 Å². The van der Waals surface area contributed by atoms with Crippen LogP contribution in [0.25, 0.3) is 11.3 Å². The lowest BCUT2D eigenvalue weighted by Gasteiger charge is -2.05. The van der Waals surface area contributed by atoms with Gasteiger partial charge in [-0.1, -0.05) is 0 Å². The first-order chi connectivity index (χ1) is 9.22. The highest BCUT2D eigenvalue weighted by Gasteiger charge is 2.13. The second-order valence-electron chi connectivity index (χ2n) is 4.35. The zero-order valence-corrected chi connectivity index (χ0v) is 10.2. The molecule has 0 spiro atoms. The maximum absolute atomic E-state index is 10.7. The van der Waals surface area contributed by atoms with Crippen LogP contribution in [0.1, 0.15) is 11.4 Å². The van der Waals surface area contributed by atoms with Crippen LogP contribution >= 0.6 is 0 Å². The third kappa shape index (κ3) is 2.40. The van der Waals surface area contributed by atoms with Gasteiger partial charge in [0.05, 0.1) is 12.3 Å². The fourth-order valence-electron chi connectivity index (χ4n) is 2.13. The summed E-state index contributed by atoms with van der Waals surface area (Å²) in [5.74, 6) is 0.310. The number of benzene rings is 1. The quantitative estimate of drug-likeness (QED) is 0.905. The molecule has 1 aromatic carbocycles. The Labute approximate surface area is 109 Å². The van der Waals surface area contributed by atoms with E-state index in [0.717, 1.165) is 29.0 Å². The molecule has 0 aliphatic carbocycles. The van der Waals surface area contributed by atoms with Crippen LogP contribution < -0.4 is 4.74 Å². The van der Waals surface area contributed by atoms with Gasteiger partial charge in [-0.05, 0) is 29.8 Å². The van der Waals surface area contributed by atoms with E-state index in [1.165, 1.54) is 0 Å². The molecule has 3 rings (SSSR count). The molecule has 2 aromatic rings. The highest BCUT2D eigenvalue weighted by atomic mass is 16.5. The summed E-state index contributed by atoms with van der Waals surface area (Å²) >= 11 is 0. The molecule has 1 aromatic heterocycles. The van der Waals surface area contributed by atoms with Crippen molar-refractivity contribution in [2.45, 2.75) is 12.8 Å². The maximum Gasteiger partial charge on any atom is 0.311 e. The van der Waals surface area contributed by atoms with Crippen LogP contribution in [0, 0.1) is 0 Å². The summed E-state index contributed by atoms with van der Waals surface area (Å²) in [7, 11) is 0. The Kier molecular flexibility index (Phi) is 2.87. The zero-order valence-electron chi connectivity index (χ0n) is 10.2. The average Bonchev–Trinajstić information content (AvgIpc) is 2.85. The smallest absolute Gasteiger partial charge is 0.311 e. The van der Waals surface area contributed by atoms with E-state index in [-0.39, 0.29) is 6.42 Å². The molecular weight excluding hydrogens is 244 g/mol. The van der Waals surface area contributed by atoms with Gasteiger partial charge in [-0.3, -0.25) is 4.79 Å². The number of hydrogen-bond donors (Lipinski definition) is 1. The molecule has 0 amide bonds. The molecule has 96 valence electrons. The van der Waals surface area contributed by atoms with Crippen molar-refractivity contribution in [1.82, 2.24) is 9.97 Å². The minimum Gasteiger partial charge on any atom is -0.493 e. The summed E-state index contributed by atoms with van der Waals surface area (Å²) < 4.78 is 5.46. The fourth-order valence-corrected chi connectivity index (χ4v) is 2.13. The van der Waals surface area contributed by atoms with Crippen molar-refractivity contribution in [3.05, 3.63) is 41.9 Å². The monoisotopic (exact) mass is 256 g/mol. The number of hydrogen-bond acceptors (Lipinski definition) is 4. The molecule has 0 saturated carbocycles. The molecule has 0 atom stereocenters. The lowest BCUT2D eigenvalue weighted by atomic mass is 10.1. The van der Waals surface area contributed by atoms with Crippen molar-refractivity contribution < 1.29 is 14.6 Å². The molecule has 0 unspecified atom stereocenters. The predicted octanol–water partition coefficient (Wildman–Crippen LogP) is 1.71. The number of carboxylic acid groups (broad SMARTS) is 1. The van der Waals surface area contributed by atoms with Crippen molar-refractivity contribution in [3.8, 4) is 17.0 Å². The zero-order chi connectivity index (χ0) is 13.2. The largest absolute Gasteiger partial charge is 0.493 e. The lowest BCUT2D eigenvalue weighted by Crippen LogP contribution is -2.05. The number of aliphatic carboxylic acids is 1. The Balaban J connectivity index is 1.95. The molecule has 5 heteroatoms. The number of carboxylic acids is 1. The van der Waals surface area contributed by atoms with E-state index in [9.17, 15) is 4.79 Å². The van der Waals surface area contributed by atoms with Crippen LogP contribution in [0.4, 0.5) is 0 Å². The number of aromatic nitrogens is 2. The van der Waals surface area contributed by atoms with E-state index >= 15 is 0 Å². The summed E-state index contributed by atoms with van der Waals surface area (Å²) in [6.45, 7) is 0.715. The maximum atomic E-state index is 10.7. The molecule has 0 bridgehead atoms. The molecule has 1 aliphatic heterocycles. The molecule has 0 radical (unpaired) electrons. The number of rotatable bonds is 3. The van der Waals surface area contributed by atoms with Gasteiger partial charge in [0.2, 0.25) is 0 Å². The van der Waals surface area contributed by atoms with Gasteiger partial charge >= 0.3 is 5.97 Å². The van der Waals surface area contributed by atoms with E-state index in [4.69, 9.17) is 9.84 Å². The Morgan fingerprint density at radius 2 is 2.26 bits per heavy atom. The summed E-state index contributed by atoms with van der Waals surface area (Å²) in [6.07, 6.45) is 2.32. The van der Waals surface area contributed by atoms with Crippen molar-refractivity contribution >= 4 is 5.97 Å². The van der Waals surface area contributed by atoms with Crippen LogP contribution in [0.15, 0.2) is 30.5 Å². The van der Waals surface area contributed by atoms with Gasteiger partial charge in [0.15, 0.2) is 0 Å². The number of ether oxygens (including phenoxy) is 1. The van der Waals surface area contributed by atoms with E-state index in [2.05, 4.69) is 9.97 Å². The highest BCUT2D eigenvalue weighted by molar-refractivity contribution is 5.69. The number of nitrogens with zero attached hydrogens (tertiary/aromatic N) is 2. The lowest BCUT2D eigenvalue weighted by molar-refractivity contribution is -0.136. The van der Waals surface area contributed by atoms with Crippen LogP contribution in [-0.2, 0) is 17.6 Å². The Morgan fingerprint density at radius 3 is 3.11 bits per heavy atom. The van der Waals surface area contributed by atoms with E-state index in [1.54, 1.807) is 12.3 Å². The first-order valence-corrected chi connectivity index (χ1v) is 6.02. The van der Waals surface area contributed by atoms with Crippen molar-refractivity contribution in [1.29, 1.82) is 0 Å². The summed E-state index contributed by atoms with van der Waals surface area (Å²) in [5.41, 5.74) is 2.86. The molecule has 1 N–H and O–H groups in total. The fraction of sp³-hybridized carbons (Fsp3) is 0.214. The number of fused-ring (bicyclic) bond motifs is 1. The van der Waals surface area contributed by atoms with Crippen LogP contribution in [-0.4, -0.2) is 27.7 Å². The van der Waals surface area contributed by atoms with Gasteiger partial charge in [-0.25, -0.2) is 9.97 Å². The summed E-state index contributed by atoms with van der Waals surface area (Å²) in [5, 5.41) is 8.76. The van der Waals surface area contributed by atoms with Gasteiger partial charge in [0.25, 0.3) is 0 Å². The van der Waals surface area contributed by atoms with E-state index < -0.39 is 5.97 Å². The van der Waals surface area contributed by atoms with Crippen LogP contribution in [0.5, 0.6) is 5.75 Å². The van der Waals surface area contributed by atoms with E-state index in [1.807, 2.05) is 18.2 Å². The van der Waals surface area contributed by atoms with E-state index in [0.29, 0.717) is 12.4 Å². The minimum atomic E-state index is -0.931. The molecular formula is C14H12N2O3. The standard InChI is InChI=1S/C14H12N2O3/c17-14(18)8-13-15-5-3-11(16-13)9-1-2-12-10(7-9)4-6-19-12/h1-3,5,7H,4,6,8H2,(H,17,18). The third-order valence-corrected chi connectivity index (χ3v) is 3.00. The van der Waals surface area contributed by atoms with Crippen molar-refractivity contribution in [2.24, 2.45) is 0 Å². The molecule has 19 heavy (non-hydrogen) atoms. The SMILES string of the molecule is O=C(O)Cc1nccc(-c2ccc3c(c2)CCO3)n1. The molecule has 1 aliphatic rings. The first kappa shape index (κ1) is 11.6. The molecule has 2 heterocycles. The Hall–Kier alpha value is -2.43. The Bertz CT molecular complexity index is 640. The normalized spacial score (nSPS) is 12.8. The summed E-state index contributed by atoms with van der Waals surface area (Å²) in [4.78, 5) is 18.9. The Morgan fingerprint density at radius 1 is 1.37 bits per heavy atom. The number of carbonyl (C=O) groups is 1. The second kappa shape index (κ2) is 4.68. The molecule has 0 saturated heterocycles. The van der Waals surface area contributed by atoms with Gasteiger partial charge in [-0.15, -0.1) is 0 Å².